The normalized spacial score (nSPS) is 19.8. The number of hydrogen-bond acceptors (Lipinski definition) is 2. The minimum absolute atomic E-state index is 0.501. The fourth-order valence-electron chi connectivity index (χ4n) is 3.39. The summed E-state index contributed by atoms with van der Waals surface area (Å²) in [5, 5.41) is 7.51. The third kappa shape index (κ3) is 2.96. The minimum Gasteiger partial charge on any atom is -0.384 e. The van der Waals surface area contributed by atoms with E-state index < -0.39 is 5.60 Å². The van der Waals surface area contributed by atoms with Gasteiger partial charge < -0.3 is 4.84 Å². The Morgan fingerprint density at radius 2 is 1.84 bits per heavy atom. The highest BCUT2D eigenvalue weighted by atomic mass is 79.9. The van der Waals surface area contributed by atoms with E-state index >= 15 is 0 Å². The van der Waals surface area contributed by atoms with Crippen molar-refractivity contribution in [2.75, 3.05) is 0 Å². The van der Waals surface area contributed by atoms with E-state index in [0.717, 1.165) is 31.9 Å². The third-order valence-electron chi connectivity index (χ3n) is 4.70. The van der Waals surface area contributed by atoms with E-state index in [2.05, 4.69) is 58.3 Å². The molecule has 0 saturated heterocycles. The molecule has 0 spiro atoms. The molecular formula is C21H17BrClNO. The van der Waals surface area contributed by atoms with Crippen LogP contribution in [0.25, 0.3) is 10.8 Å². The van der Waals surface area contributed by atoms with E-state index in [4.69, 9.17) is 16.4 Å². The second-order valence-corrected chi connectivity index (χ2v) is 7.99. The molecule has 0 bridgehead atoms. The number of halogens is 2. The number of hydrogen-bond donors (Lipinski definition) is 0. The van der Waals surface area contributed by atoms with Crippen LogP contribution in [0.3, 0.4) is 0 Å². The summed E-state index contributed by atoms with van der Waals surface area (Å²) in [6.07, 6.45) is 0.707. The van der Waals surface area contributed by atoms with Gasteiger partial charge in [0, 0.05) is 21.5 Å². The Balaban J connectivity index is 1.74. The molecule has 1 aliphatic heterocycles. The maximum atomic E-state index is 6.24. The SMILES string of the molecule is Cc1cc(Cl)cc(C2(C)CC(c3ccc(Br)c4ccccc34)=NO2)c1. The summed E-state index contributed by atoms with van der Waals surface area (Å²) in [5.74, 6) is 0. The van der Waals surface area contributed by atoms with E-state index in [-0.39, 0.29) is 0 Å². The zero-order valence-corrected chi connectivity index (χ0v) is 16.4. The first-order valence-electron chi connectivity index (χ1n) is 8.17. The molecule has 0 amide bonds. The van der Waals surface area contributed by atoms with E-state index in [0.29, 0.717) is 6.42 Å². The molecule has 0 N–H and O–H groups in total. The first-order chi connectivity index (χ1) is 12.0. The van der Waals surface area contributed by atoms with Gasteiger partial charge in [0.25, 0.3) is 0 Å². The van der Waals surface area contributed by atoms with Crippen LogP contribution in [0.4, 0.5) is 0 Å². The van der Waals surface area contributed by atoms with Crippen LogP contribution in [0.15, 0.2) is 64.2 Å². The summed E-state index contributed by atoms with van der Waals surface area (Å²) in [7, 11) is 0. The summed E-state index contributed by atoms with van der Waals surface area (Å²) in [5.41, 5.74) is 3.75. The molecule has 0 radical (unpaired) electrons. The lowest BCUT2D eigenvalue weighted by molar-refractivity contribution is -0.00742. The third-order valence-corrected chi connectivity index (χ3v) is 5.61. The molecule has 3 aromatic carbocycles. The fourth-order valence-corrected chi connectivity index (χ4v) is 4.16. The second-order valence-electron chi connectivity index (χ2n) is 6.69. The van der Waals surface area contributed by atoms with Gasteiger partial charge in [0.1, 0.15) is 0 Å². The molecule has 2 nitrogen and oxygen atoms in total. The van der Waals surface area contributed by atoms with E-state index in [1.54, 1.807) is 0 Å². The van der Waals surface area contributed by atoms with Crippen LogP contribution in [0.2, 0.25) is 5.02 Å². The number of nitrogens with zero attached hydrogens (tertiary/aromatic N) is 1. The van der Waals surface area contributed by atoms with Gasteiger partial charge in [0.2, 0.25) is 0 Å². The van der Waals surface area contributed by atoms with Crippen molar-refractivity contribution in [1.29, 1.82) is 0 Å². The molecule has 126 valence electrons. The molecular weight excluding hydrogens is 398 g/mol. The lowest BCUT2D eigenvalue weighted by Crippen LogP contribution is -2.22. The average molecular weight is 415 g/mol. The first-order valence-corrected chi connectivity index (χ1v) is 9.34. The Morgan fingerprint density at radius 1 is 1.08 bits per heavy atom. The highest BCUT2D eigenvalue weighted by Gasteiger charge is 2.37. The first kappa shape index (κ1) is 16.6. The lowest BCUT2D eigenvalue weighted by atomic mass is 9.87. The van der Waals surface area contributed by atoms with Crippen LogP contribution in [0, 0.1) is 6.92 Å². The van der Waals surface area contributed by atoms with Crippen LogP contribution >= 0.6 is 27.5 Å². The van der Waals surface area contributed by atoms with Gasteiger partial charge in [0.15, 0.2) is 5.60 Å². The van der Waals surface area contributed by atoms with Crippen LogP contribution in [0.1, 0.15) is 30.0 Å². The molecule has 1 heterocycles. The summed E-state index contributed by atoms with van der Waals surface area (Å²) in [4.78, 5) is 5.90. The quantitative estimate of drug-likeness (QED) is 0.462. The zero-order valence-electron chi connectivity index (χ0n) is 14.0. The molecule has 25 heavy (non-hydrogen) atoms. The van der Waals surface area contributed by atoms with E-state index in [1.165, 1.54) is 10.8 Å². The molecule has 4 heteroatoms. The maximum absolute atomic E-state index is 6.24. The smallest absolute Gasteiger partial charge is 0.165 e. The summed E-state index contributed by atoms with van der Waals surface area (Å²) >= 11 is 9.87. The highest BCUT2D eigenvalue weighted by molar-refractivity contribution is 9.10. The Kier molecular flexibility index (Phi) is 4.09. The standard InChI is InChI=1S/C21H17BrClNO/c1-13-9-14(11-15(23)10-13)21(2)12-20(24-25-21)18-7-8-19(22)17-6-4-3-5-16(17)18/h3-11H,12H2,1-2H3. The predicted octanol–water partition coefficient (Wildman–Crippen LogP) is 6.60. The number of oxime groups is 1. The number of fused-ring (bicyclic) bond motifs is 1. The summed E-state index contributed by atoms with van der Waals surface area (Å²) < 4.78 is 1.08. The van der Waals surface area contributed by atoms with Crippen molar-refractivity contribution in [3.05, 3.63) is 80.8 Å². The van der Waals surface area contributed by atoms with Gasteiger partial charge in [-0.25, -0.2) is 0 Å². The zero-order chi connectivity index (χ0) is 17.6. The van der Waals surface area contributed by atoms with E-state index in [1.807, 2.05) is 31.2 Å². The van der Waals surface area contributed by atoms with Crippen molar-refractivity contribution in [3.63, 3.8) is 0 Å². The number of benzene rings is 3. The Morgan fingerprint density at radius 3 is 2.60 bits per heavy atom. The van der Waals surface area contributed by atoms with Crippen LogP contribution in [-0.2, 0) is 10.4 Å². The van der Waals surface area contributed by atoms with Crippen LogP contribution in [-0.4, -0.2) is 5.71 Å². The monoisotopic (exact) mass is 413 g/mol. The largest absolute Gasteiger partial charge is 0.384 e. The van der Waals surface area contributed by atoms with Gasteiger partial charge in [-0.05, 0) is 53.9 Å². The van der Waals surface area contributed by atoms with Gasteiger partial charge in [-0.15, -0.1) is 0 Å². The van der Waals surface area contributed by atoms with E-state index in [9.17, 15) is 0 Å². The van der Waals surface area contributed by atoms with Crippen LogP contribution in [0.5, 0.6) is 0 Å². The molecule has 1 aliphatic rings. The number of aryl methyl sites for hydroxylation is 1. The Hall–Kier alpha value is -1.84. The van der Waals surface area contributed by atoms with Gasteiger partial charge in [-0.3, -0.25) is 0 Å². The maximum Gasteiger partial charge on any atom is 0.165 e. The number of rotatable bonds is 2. The van der Waals surface area contributed by atoms with Gasteiger partial charge in [-0.1, -0.05) is 69.1 Å². The van der Waals surface area contributed by atoms with Gasteiger partial charge in [-0.2, -0.15) is 0 Å². The van der Waals surface area contributed by atoms with Crippen molar-refractivity contribution in [2.24, 2.45) is 5.16 Å². The van der Waals surface area contributed by atoms with Gasteiger partial charge >= 0.3 is 0 Å². The minimum atomic E-state index is -0.501. The highest BCUT2D eigenvalue weighted by Crippen LogP contribution is 2.39. The van der Waals surface area contributed by atoms with Crippen molar-refractivity contribution in [1.82, 2.24) is 0 Å². The Labute approximate surface area is 160 Å². The Bertz CT molecular complexity index is 994. The lowest BCUT2D eigenvalue weighted by Gasteiger charge is -2.22. The molecule has 1 atom stereocenters. The summed E-state index contributed by atoms with van der Waals surface area (Å²) in [6.45, 7) is 4.10. The molecule has 0 aliphatic carbocycles. The summed E-state index contributed by atoms with van der Waals surface area (Å²) in [6, 6.07) is 18.5. The second kappa shape index (κ2) is 6.15. The molecule has 4 rings (SSSR count). The molecule has 3 aromatic rings. The van der Waals surface area contributed by atoms with Crippen molar-refractivity contribution >= 4 is 44.0 Å². The average Bonchev–Trinajstić information content (AvgIpc) is 2.98. The topological polar surface area (TPSA) is 21.6 Å². The molecule has 1 unspecified atom stereocenters. The van der Waals surface area contributed by atoms with Crippen molar-refractivity contribution < 1.29 is 4.84 Å². The van der Waals surface area contributed by atoms with Gasteiger partial charge in [0.05, 0.1) is 5.71 Å². The fraction of sp³-hybridized carbons (Fsp3) is 0.190. The van der Waals surface area contributed by atoms with Crippen molar-refractivity contribution in [2.45, 2.75) is 25.9 Å². The molecule has 0 fully saturated rings. The predicted molar refractivity (Wildman–Crippen MR) is 107 cm³/mol. The molecule has 0 aromatic heterocycles. The molecule has 0 saturated carbocycles. The van der Waals surface area contributed by atoms with Crippen molar-refractivity contribution in [3.8, 4) is 0 Å². The van der Waals surface area contributed by atoms with Crippen LogP contribution < -0.4 is 0 Å².